The molecule has 1 aromatic rings. The number of benzene rings is 1. The second-order valence-electron chi connectivity index (χ2n) is 5.12. The van der Waals surface area contributed by atoms with Gasteiger partial charge in [0, 0.05) is 11.1 Å². The summed E-state index contributed by atoms with van der Waals surface area (Å²) in [5.41, 5.74) is 1.84. The molecule has 1 aliphatic carbocycles. The highest BCUT2D eigenvalue weighted by molar-refractivity contribution is 6.30. The number of rotatable bonds is 3. The minimum atomic E-state index is 0.470. The Kier molecular flexibility index (Phi) is 2.78. The topological polar surface area (TPSA) is 12.0 Å². The summed E-state index contributed by atoms with van der Waals surface area (Å²) in [5.74, 6) is 0.753. The van der Waals surface area contributed by atoms with Gasteiger partial charge in [-0.05, 0) is 42.5 Å². The summed E-state index contributed by atoms with van der Waals surface area (Å²) in [4.78, 5) is 0. The van der Waals surface area contributed by atoms with Crippen molar-refractivity contribution in [3.05, 3.63) is 34.9 Å². The first kappa shape index (κ1) is 11.0. The van der Waals surface area contributed by atoms with Crippen LogP contribution in [0.25, 0.3) is 0 Å². The molecule has 1 aliphatic rings. The van der Waals surface area contributed by atoms with Crippen LogP contribution in [0.1, 0.15) is 31.9 Å². The van der Waals surface area contributed by atoms with Crippen molar-refractivity contribution in [2.45, 2.75) is 26.3 Å². The largest absolute Gasteiger partial charge is 0.313 e. The summed E-state index contributed by atoms with van der Waals surface area (Å²) in [6.45, 7) is 4.66. The van der Waals surface area contributed by atoms with Gasteiger partial charge in [-0.25, -0.2) is 0 Å². The summed E-state index contributed by atoms with van der Waals surface area (Å²) in [5, 5.41) is 4.22. The fourth-order valence-electron chi connectivity index (χ4n) is 2.35. The van der Waals surface area contributed by atoms with Gasteiger partial charge in [-0.3, -0.25) is 0 Å². The molecule has 0 spiro atoms. The SMILES string of the molecule is CNC(c1ccc(Cl)cc1)C1CC1(C)C. The molecule has 2 atom stereocenters. The van der Waals surface area contributed by atoms with E-state index < -0.39 is 0 Å². The molecule has 1 saturated carbocycles. The lowest BCUT2D eigenvalue weighted by molar-refractivity contribution is 0.441. The molecule has 0 aromatic heterocycles. The van der Waals surface area contributed by atoms with Crippen LogP contribution in [0, 0.1) is 11.3 Å². The molecule has 0 radical (unpaired) electrons. The van der Waals surface area contributed by atoms with Crippen molar-refractivity contribution in [2.75, 3.05) is 7.05 Å². The van der Waals surface area contributed by atoms with E-state index in [4.69, 9.17) is 11.6 Å². The predicted molar refractivity (Wildman–Crippen MR) is 65.1 cm³/mol. The molecule has 0 amide bonds. The Morgan fingerprint density at radius 3 is 2.27 bits per heavy atom. The molecule has 2 rings (SSSR count). The molecule has 2 heteroatoms. The fraction of sp³-hybridized carbons (Fsp3) is 0.538. The van der Waals surface area contributed by atoms with Gasteiger partial charge in [0.05, 0.1) is 0 Å². The van der Waals surface area contributed by atoms with E-state index in [0.717, 1.165) is 10.9 Å². The molecular weight excluding hydrogens is 206 g/mol. The molecule has 0 aliphatic heterocycles. The van der Waals surface area contributed by atoms with Crippen molar-refractivity contribution in [2.24, 2.45) is 11.3 Å². The second-order valence-corrected chi connectivity index (χ2v) is 5.55. The third-order valence-electron chi connectivity index (χ3n) is 3.53. The molecule has 15 heavy (non-hydrogen) atoms. The number of hydrogen-bond donors (Lipinski definition) is 1. The van der Waals surface area contributed by atoms with Crippen LogP contribution in [-0.2, 0) is 0 Å². The van der Waals surface area contributed by atoms with E-state index in [1.54, 1.807) is 0 Å². The monoisotopic (exact) mass is 223 g/mol. The van der Waals surface area contributed by atoms with Crippen molar-refractivity contribution in [1.29, 1.82) is 0 Å². The molecule has 0 bridgehead atoms. The molecule has 1 N–H and O–H groups in total. The molecule has 1 aromatic carbocycles. The highest BCUT2D eigenvalue weighted by Crippen LogP contribution is 2.57. The average molecular weight is 224 g/mol. The number of nitrogens with one attached hydrogen (secondary N) is 1. The van der Waals surface area contributed by atoms with Crippen LogP contribution in [0.4, 0.5) is 0 Å². The molecular formula is C13H18ClN. The van der Waals surface area contributed by atoms with E-state index in [1.165, 1.54) is 12.0 Å². The van der Waals surface area contributed by atoms with Crippen LogP contribution < -0.4 is 5.32 Å². The maximum atomic E-state index is 5.89. The van der Waals surface area contributed by atoms with E-state index in [1.807, 2.05) is 19.2 Å². The van der Waals surface area contributed by atoms with Gasteiger partial charge in [0.1, 0.15) is 0 Å². The Bertz CT molecular complexity index is 342. The lowest BCUT2D eigenvalue weighted by atomic mass is 9.97. The van der Waals surface area contributed by atoms with Gasteiger partial charge in [-0.1, -0.05) is 37.6 Å². The lowest BCUT2D eigenvalue weighted by Crippen LogP contribution is -2.20. The molecule has 1 nitrogen and oxygen atoms in total. The highest BCUT2D eigenvalue weighted by atomic mass is 35.5. The Morgan fingerprint density at radius 1 is 1.33 bits per heavy atom. The van der Waals surface area contributed by atoms with E-state index in [-0.39, 0.29) is 0 Å². The van der Waals surface area contributed by atoms with Crippen molar-refractivity contribution in [3.63, 3.8) is 0 Å². The van der Waals surface area contributed by atoms with Crippen LogP contribution >= 0.6 is 11.6 Å². The number of halogens is 1. The zero-order chi connectivity index (χ0) is 11.1. The van der Waals surface area contributed by atoms with Crippen LogP contribution in [0.5, 0.6) is 0 Å². The van der Waals surface area contributed by atoms with Crippen LogP contribution in [-0.4, -0.2) is 7.05 Å². The lowest BCUT2D eigenvalue weighted by Gasteiger charge is -2.18. The first-order valence-electron chi connectivity index (χ1n) is 5.47. The van der Waals surface area contributed by atoms with Gasteiger partial charge in [-0.2, -0.15) is 0 Å². The molecule has 82 valence electrons. The number of hydrogen-bond acceptors (Lipinski definition) is 1. The molecule has 2 unspecified atom stereocenters. The van der Waals surface area contributed by atoms with Crippen LogP contribution in [0.15, 0.2) is 24.3 Å². The minimum absolute atomic E-state index is 0.470. The normalized spacial score (nSPS) is 24.9. The van der Waals surface area contributed by atoms with Gasteiger partial charge in [0.2, 0.25) is 0 Å². The second kappa shape index (κ2) is 3.80. The summed E-state index contributed by atoms with van der Waals surface area (Å²) in [6.07, 6.45) is 1.31. The van der Waals surface area contributed by atoms with E-state index in [0.29, 0.717) is 11.5 Å². The third kappa shape index (κ3) is 2.19. The van der Waals surface area contributed by atoms with E-state index in [9.17, 15) is 0 Å². The Morgan fingerprint density at radius 2 is 1.87 bits per heavy atom. The first-order chi connectivity index (χ1) is 7.04. The van der Waals surface area contributed by atoms with Crippen LogP contribution in [0.3, 0.4) is 0 Å². The average Bonchev–Trinajstić information content (AvgIpc) is 2.80. The zero-order valence-corrected chi connectivity index (χ0v) is 10.3. The third-order valence-corrected chi connectivity index (χ3v) is 3.78. The Labute approximate surface area is 96.8 Å². The molecule has 0 saturated heterocycles. The standard InChI is InChI=1S/C13H18ClN/c1-13(2)8-11(13)12(15-3)9-4-6-10(14)7-5-9/h4-7,11-12,15H,8H2,1-3H3. The zero-order valence-electron chi connectivity index (χ0n) is 9.55. The molecule has 1 fully saturated rings. The fourth-order valence-corrected chi connectivity index (χ4v) is 2.47. The quantitative estimate of drug-likeness (QED) is 0.825. The summed E-state index contributed by atoms with van der Waals surface area (Å²) >= 11 is 5.89. The maximum Gasteiger partial charge on any atom is 0.0406 e. The van der Waals surface area contributed by atoms with Gasteiger partial charge < -0.3 is 5.32 Å². The summed E-state index contributed by atoms with van der Waals surface area (Å²) in [7, 11) is 2.04. The van der Waals surface area contributed by atoms with Gasteiger partial charge in [-0.15, -0.1) is 0 Å². The predicted octanol–water partition coefficient (Wildman–Crippen LogP) is 3.65. The Hall–Kier alpha value is -0.530. The minimum Gasteiger partial charge on any atom is -0.313 e. The highest BCUT2D eigenvalue weighted by Gasteiger charge is 2.49. The van der Waals surface area contributed by atoms with E-state index >= 15 is 0 Å². The van der Waals surface area contributed by atoms with Gasteiger partial charge >= 0.3 is 0 Å². The van der Waals surface area contributed by atoms with E-state index in [2.05, 4.69) is 31.3 Å². The van der Waals surface area contributed by atoms with Crippen molar-refractivity contribution < 1.29 is 0 Å². The van der Waals surface area contributed by atoms with Gasteiger partial charge in [0.15, 0.2) is 0 Å². The maximum absolute atomic E-state index is 5.89. The molecule has 0 heterocycles. The summed E-state index contributed by atoms with van der Waals surface area (Å²) < 4.78 is 0. The van der Waals surface area contributed by atoms with Crippen molar-refractivity contribution >= 4 is 11.6 Å². The van der Waals surface area contributed by atoms with Crippen LogP contribution in [0.2, 0.25) is 5.02 Å². The summed E-state index contributed by atoms with van der Waals surface area (Å²) in [6, 6.07) is 8.65. The smallest absolute Gasteiger partial charge is 0.0406 e. The Balaban J connectivity index is 2.17. The van der Waals surface area contributed by atoms with Crippen molar-refractivity contribution in [1.82, 2.24) is 5.32 Å². The van der Waals surface area contributed by atoms with Crippen molar-refractivity contribution in [3.8, 4) is 0 Å². The first-order valence-corrected chi connectivity index (χ1v) is 5.85. The van der Waals surface area contributed by atoms with Gasteiger partial charge in [0.25, 0.3) is 0 Å².